The van der Waals surface area contributed by atoms with E-state index in [9.17, 15) is 9.59 Å². The van der Waals surface area contributed by atoms with Crippen molar-refractivity contribution in [3.05, 3.63) is 29.8 Å². The predicted octanol–water partition coefficient (Wildman–Crippen LogP) is 3.13. The molecule has 1 aromatic rings. The van der Waals surface area contributed by atoms with Crippen LogP contribution in [0.3, 0.4) is 0 Å². The van der Waals surface area contributed by atoms with E-state index in [2.05, 4.69) is 20.9 Å². The minimum absolute atomic E-state index is 0.132. The molecule has 0 aromatic heterocycles. The van der Waals surface area contributed by atoms with E-state index in [1.807, 2.05) is 38.4 Å². The lowest BCUT2D eigenvalue weighted by Crippen LogP contribution is -2.49. The lowest BCUT2D eigenvalue weighted by Gasteiger charge is -2.31. The van der Waals surface area contributed by atoms with Crippen LogP contribution in [-0.4, -0.2) is 50.4 Å². The highest BCUT2D eigenvalue weighted by atomic mass is 16.2. The van der Waals surface area contributed by atoms with Crippen molar-refractivity contribution in [2.24, 2.45) is 16.3 Å². The van der Waals surface area contributed by atoms with Gasteiger partial charge in [0.15, 0.2) is 5.96 Å². The van der Waals surface area contributed by atoms with Gasteiger partial charge in [-0.15, -0.1) is 0 Å². The summed E-state index contributed by atoms with van der Waals surface area (Å²) in [6.45, 7) is 1.17. The van der Waals surface area contributed by atoms with Gasteiger partial charge in [0.2, 0.25) is 11.8 Å². The third kappa shape index (κ3) is 5.99. The molecule has 0 spiro atoms. The fourth-order valence-electron chi connectivity index (χ4n) is 4.84. The van der Waals surface area contributed by atoms with Crippen LogP contribution in [0.2, 0.25) is 0 Å². The molecule has 2 fully saturated rings. The molecule has 3 N–H and O–H groups in total. The number of carbonyl (C=O) groups is 2. The topological polar surface area (TPSA) is 85.8 Å². The predicted molar refractivity (Wildman–Crippen MR) is 125 cm³/mol. The highest BCUT2D eigenvalue weighted by molar-refractivity contribution is 5.92. The molecule has 170 valence electrons. The maximum absolute atomic E-state index is 12.8. The van der Waals surface area contributed by atoms with Gasteiger partial charge in [0.05, 0.1) is 5.41 Å². The molecule has 2 amide bonds. The number of nitrogens with one attached hydrogen (secondary N) is 3. The number of anilines is 1. The lowest BCUT2D eigenvalue weighted by atomic mass is 9.84. The number of rotatable bonds is 7. The van der Waals surface area contributed by atoms with Crippen molar-refractivity contribution in [1.82, 2.24) is 15.5 Å². The summed E-state index contributed by atoms with van der Waals surface area (Å²) in [5, 5.41) is 9.76. The molecular formula is C24H37N5O2. The van der Waals surface area contributed by atoms with E-state index in [1.165, 1.54) is 0 Å². The average molecular weight is 428 g/mol. The van der Waals surface area contributed by atoms with Gasteiger partial charge in [-0.25, -0.2) is 0 Å². The first-order chi connectivity index (χ1) is 14.9. The maximum atomic E-state index is 12.8. The first kappa shape index (κ1) is 23.1. The van der Waals surface area contributed by atoms with Crippen LogP contribution in [0.25, 0.3) is 0 Å². The van der Waals surface area contributed by atoms with Gasteiger partial charge in [-0.05, 0) is 43.4 Å². The first-order valence-electron chi connectivity index (χ1n) is 11.5. The zero-order chi connectivity index (χ0) is 22.3. The summed E-state index contributed by atoms with van der Waals surface area (Å²) < 4.78 is 0. The Morgan fingerprint density at radius 1 is 1.10 bits per heavy atom. The van der Waals surface area contributed by atoms with Crippen LogP contribution in [0.15, 0.2) is 29.3 Å². The second kappa shape index (κ2) is 10.6. The Labute approximate surface area is 186 Å². The van der Waals surface area contributed by atoms with Crippen LogP contribution in [0.1, 0.15) is 56.9 Å². The summed E-state index contributed by atoms with van der Waals surface area (Å²) in [6.07, 6.45) is 8.29. The van der Waals surface area contributed by atoms with Gasteiger partial charge < -0.3 is 20.9 Å². The van der Waals surface area contributed by atoms with Crippen molar-refractivity contribution in [3.8, 4) is 0 Å². The van der Waals surface area contributed by atoms with Crippen LogP contribution in [0.5, 0.6) is 0 Å². The van der Waals surface area contributed by atoms with Gasteiger partial charge >= 0.3 is 0 Å². The summed E-state index contributed by atoms with van der Waals surface area (Å²) >= 11 is 0. The molecule has 0 radical (unpaired) electrons. The standard InChI is InChI=1S/C24H37N5O2/c1-25-23(27-17-24(13-6-7-14-24)22(31)29(2)3)26-16-18-9-8-12-20(15-18)28-21(30)19-10-4-5-11-19/h8-9,12,15,19H,4-7,10-11,13-14,16-17H2,1-3H3,(H,28,30)(H2,25,26,27). The van der Waals surface area contributed by atoms with Crippen LogP contribution < -0.4 is 16.0 Å². The molecule has 0 saturated heterocycles. The Morgan fingerprint density at radius 3 is 2.45 bits per heavy atom. The molecule has 3 rings (SSSR count). The molecule has 0 aliphatic heterocycles. The Kier molecular flexibility index (Phi) is 7.93. The quantitative estimate of drug-likeness (QED) is 0.461. The van der Waals surface area contributed by atoms with E-state index in [0.29, 0.717) is 19.0 Å². The smallest absolute Gasteiger partial charge is 0.230 e. The average Bonchev–Trinajstić information content (AvgIpc) is 3.46. The Hall–Kier alpha value is -2.57. The summed E-state index contributed by atoms with van der Waals surface area (Å²) in [5.41, 5.74) is 1.55. The van der Waals surface area contributed by atoms with Gasteiger partial charge in [0, 0.05) is 45.8 Å². The van der Waals surface area contributed by atoms with Gasteiger partial charge in [0.25, 0.3) is 0 Å². The van der Waals surface area contributed by atoms with Gasteiger partial charge in [-0.2, -0.15) is 0 Å². The minimum Gasteiger partial charge on any atom is -0.355 e. The Balaban J connectivity index is 1.53. The summed E-state index contributed by atoms with van der Waals surface area (Å²) in [4.78, 5) is 31.2. The van der Waals surface area contributed by atoms with E-state index >= 15 is 0 Å². The number of benzene rings is 1. The number of hydrogen-bond acceptors (Lipinski definition) is 3. The van der Waals surface area contributed by atoms with E-state index in [4.69, 9.17) is 0 Å². The zero-order valence-electron chi connectivity index (χ0n) is 19.2. The fourth-order valence-corrected chi connectivity index (χ4v) is 4.84. The second-order valence-corrected chi connectivity index (χ2v) is 9.14. The summed E-state index contributed by atoms with van der Waals surface area (Å²) in [7, 11) is 5.39. The molecule has 0 bridgehead atoms. The Morgan fingerprint density at radius 2 is 1.81 bits per heavy atom. The number of hydrogen-bond donors (Lipinski definition) is 3. The maximum Gasteiger partial charge on any atom is 0.230 e. The Bertz CT molecular complexity index is 793. The monoisotopic (exact) mass is 427 g/mol. The summed E-state index contributed by atoms with van der Waals surface area (Å²) in [6, 6.07) is 7.92. The molecule has 0 unspecified atom stereocenters. The highest BCUT2D eigenvalue weighted by Crippen LogP contribution is 2.38. The van der Waals surface area contributed by atoms with E-state index < -0.39 is 0 Å². The third-order valence-corrected chi connectivity index (χ3v) is 6.62. The lowest BCUT2D eigenvalue weighted by molar-refractivity contribution is -0.138. The van der Waals surface area contributed by atoms with Gasteiger partial charge in [0.1, 0.15) is 0 Å². The van der Waals surface area contributed by atoms with Crippen molar-refractivity contribution in [3.63, 3.8) is 0 Å². The van der Waals surface area contributed by atoms with Gasteiger partial charge in [-0.3, -0.25) is 14.6 Å². The van der Waals surface area contributed by atoms with Crippen molar-refractivity contribution < 1.29 is 9.59 Å². The van der Waals surface area contributed by atoms with Crippen molar-refractivity contribution in [1.29, 1.82) is 0 Å². The van der Waals surface area contributed by atoms with Crippen LogP contribution >= 0.6 is 0 Å². The number of nitrogens with zero attached hydrogens (tertiary/aromatic N) is 2. The number of amides is 2. The van der Waals surface area contributed by atoms with E-state index in [0.717, 1.165) is 62.6 Å². The van der Waals surface area contributed by atoms with Crippen molar-refractivity contribution in [2.45, 2.75) is 57.9 Å². The molecule has 7 nitrogen and oxygen atoms in total. The molecule has 31 heavy (non-hydrogen) atoms. The fraction of sp³-hybridized carbons (Fsp3) is 0.625. The molecule has 2 saturated carbocycles. The molecule has 0 heterocycles. The van der Waals surface area contributed by atoms with Crippen LogP contribution in [0, 0.1) is 11.3 Å². The van der Waals surface area contributed by atoms with Gasteiger partial charge in [-0.1, -0.05) is 37.8 Å². The zero-order valence-corrected chi connectivity index (χ0v) is 19.2. The second-order valence-electron chi connectivity index (χ2n) is 9.14. The van der Waals surface area contributed by atoms with Crippen LogP contribution in [-0.2, 0) is 16.1 Å². The highest BCUT2D eigenvalue weighted by Gasteiger charge is 2.42. The van der Waals surface area contributed by atoms with E-state index in [1.54, 1.807) is 11.9 Å². The molecule has 0 atom stereocenters. The number of aliphatic imine (C=N–C) groups is 1. The van der Waals surface area contributed by atoms with Crippen LogP contribution in [0.4, 0.5) is 5.69 Å². The van der Waals surface area contributed by atoms with E-state index in [-0.39, 0.29) is 23.1 Å². The first-order valence-corrected chi connectivity index (χ1v) is 11.5. The van der Waals surface area contributed by atoms with Crippen molar-refractivity contribution >= 4 is 23.5 Å². The largest absolute Gasteiger partial charge is 0.355 e. The normalized spacial score (nSPS) is 18.6. The molecule has 7 heteroatoms. The minimum atomic E-state index is -0.342. The third-order valence-electron chi connectivity index (χ3n) is 6.62. The number of guanidine groups is 1. The molecule has 2 aliphatic rings. The molecular weight excluding hydrogens is 390 g/mol. The SMILES string of the molecule is CN=C(NCc1cccc(NC(=O)C2CCCC2)c1)NCC1(C(=O)N(C)C)CCCC1. The van der Waals surface area contributed by atoms with Crippen molar-refractivity contribution in [2.75, 3.05) is 33.0 Å². The molecule has 1 aromatic carbocycles. The number of carbonyl (C=O) groups excluding carboxylic acids is 2. The summed E-state index contributed by atoms with van der Waals surface area (Å²) in [5.74, 6) is 1.15. The molecule has 2 aliphatic carbocycles.